The summed E-state index contributed by atoms with van der Waals surface area (Å²) in [7, 11) is 0. The highest BCUT2D eigenvalue weighted by Crippen LogP contribution is 2.13. The van der Waals surface area contributed by atoms with Gasteiger partial charge in [-0.25, -0.2) is 9.48 Å². The first-order chi connectivity index (χ1) is 9.22. The van der Waals surface area contributed by atoms with Gasteiger partial charge in [-0.15, -0.1) is 0 Å². The number of hydrogen-bond acceptors (Lipinski definition) is 3. The van der Waals surface area contributed by atoms with E-state index in [0.29, 0.717) is 18.1 Å². The van der Waals surface area contributed by atoms with Crippen LogP contribution in [0.2, 0.25) is 0 Å². The van der Waals surface area contributed by atoms with E-state index < -0.39 is 6.09 Å². The monoisotopic (exact) mass is 259 g/mol. The number of aryl methyl sites for hydroxylation is 2. The first-order valence-electron chi connectivity index (χ1n) is 6.33. The molecule has 0 bridgehead atoms. The van der Waals surface area contributed by atoms with E-state index in [9.17, 15) is 4.79 Å². The van der Waals surface area contributed by atoms with E-state index in [2.05, 4.69) is 10.4 Å². The zero-order valence-electron chi connectivity index (χ0n) is 11.1. The molecule has 2 aromatic rings. The maximum Gasteiger partial charge on any atom is 0.418 e. The molecule has 1 aromatic carbocycles. The standard InChI is InChI=1S/C14H17N3O2/c1-3-11-10-13(17(4-2)16-11)15-14(18)19-12-8-6-5-7-9-12/h5-10H,3-4H2,1-2H3,(H,15,18). The van der Waals surface area contributed by atoms with E-state index in [0.717, 1.165) is 12.1 Å². The molecule has 0 atom stereocenters. The van der Waals surface area contributed by atoms with Crippen molar-refractivity contribution in [1.29, 1.82) is 0 Å². The Balaban J connectivity index is 2.04. The lowest BCUT2D eigenvalue weighted by Gasteiger charge is -2.07. The third-order valence-electron chi connectivity index (χ3n) is 2.68. The van der Waals surface area contributed by atoms with Crippen molar-refractivity contribution >= 4 is 11.9 Å². The van der Waals surface area contributed by atoms with Gasteiger partial charge in [0.05, 0.1) is 5.69 Å². The second kappa shape index (κ2) is 6.04. The molecule has 100 valence electrons. The minimum atomic E-state index is -0.511. The van der Waals surface area contributed by atoms with Crippen molar-refractivity contribution in [2.75, 3.05) is 5.32 Å². The van der Waals surface area contributed by atoms with Crippen LogP contribution in [0.25, 0.3) is 0 Å². The predicted octanol–water partition coefficient (Wildman–Crippen LogP) is 3.08. The zero-order chi connectivity index (χ0) is 13.7. The van der Waals surface area contributed by atoms with Crippen LogP contribution in [0.4, 0.5) is 10.6 Å². The van der Waals surface area contributed by atoms with E-state index >= 15 is 0 Å². The number of rotatable bonds is 4. The van der Waals surface area contributed by atoms with Gasteiger partial charge in [0.2, 0.25) is 0 Å². The number of anilines is 1. The van der Waals surface area contributed by atoms with Crippen molar-refractivity contribution in [3.63, 3.8) is 0 Å². The smallest absolute Gasteiger partial charge is 0.410 e. The van der Waals surface area contributed by atoms with Crippen molar-refractivity contribution in [3.8, 4) is 5.75 Å². The SMILES string of the molecule is CCc1cc(NC(=O)Oc2ccccc2)n(CC)n1. The molecule has 0 fully saturated rings. The molecule has 5 heteroatoms. The Bertz CT molecular complexity index is 549. The van der Waals surface area contributed by atoms with Crippen LogP contribution in [0, 0.1) is 0 Å². The summed E-state index contributed by atoms with van der Waals surface area (Å²) in [4.78, 5) is 11.8. The lowest BCUT2D eigenvalue weighted by atomic mass is 10.3. The maximum absolute atomic E-state index is 11.8. The Morgan fingerprint density at radius 3 is 2.68 bits per heavy atom. The Morgan fingerprint density at radius 1 is 1.32 bits per heavy atom. The van der Waals surface area contributed by atoms with Crippen molar-refractivity contribution < 1.29 is 9.53 Å². The second-order valence-electron chi connectivity index (χ2n) is 4.02. The number of nitrogens with zero attached hydrogens (tertiary/aromatic N) is 2. The van der Waals surface area contributed by atoms with Gasteiger partial charge in [-0.3, -0.25) is 5.32 Å². The van der Waals surface area contributed by atoms with Crippen LogP contribution < -0.4 is 10.1 Å². The largest absolute Gasteiger partial charge is 0.418 e. The Morgan fingerprint density at radius 2 is 2.05 bits per heavy atom. The fourth-order valence-corrected chi connectivity index (χ4v) is 1.71. The molecular formula is C14H17N3O2. The topological polar surface area (TPSA) is 56.1 Å². The molecule has 0 radical (unpaired) electrons. The molecule has 1 amide bonds. The van der Waals surface area contributed by atoms with Gasteiger partial charge >= 0.3 is 6.09 Å². The molecule has 0 aliphatic rings. The summed E-state index contributed by atoms with van der Waals surface area (Å²) in [5.74, 6) is 1.17. The van der Waals surface area contributed by atoms with E-state index in [4.69, 9.17) is 4.74 Å². The molecule has 0 aliphatic carbocycles. The van der Waals surface area contributed by atoms with Crippen LogP contribution in [-0.2, 0) is 13.0 Å². The number of amides is 1. The lowest BCUT2D eigenvalue weighted by Crippen LogP contribution is -2.19. The molecular weight excluding hydrogens is 242 g/mol. The molecule has 0 saturated carbocycles. The minimum Gasteiger partial charge on any atom is -0.410 e. The zero-order valence-corrected chi connectivity index (χ0v) is 11.1. The van der Waals surface area contributed by atoms with Gasteiger partial charge < -0.3 is 4.74 Å². The third kappa shape index (κ3) is 3.34. The van der Waals surface area contributed by atoms with Crippen LogP contribution in [0.3, 0.4) is 0 Å². The van der Waals surface area contributed by atoms with Crippen LogP contribution in [0.1, 0.15) is 19.5 Å². The van der Waals surface area contributed by atoms with Gasteiger partial charge in [0.15, 0.2) is 0 Å². The maximum atomic E-state index is 11.8. The number of para-hydroxylation sites is 1. The van der Waals surface area contributed by atoms with Crippen LogP contribution in [0.15, 0.2) is 36.4 Å². The summed E-state index contributed by atoms with van der Waals surface area (Å²) in [5.41, 5.74) is 0.942. The van der Waals surface area contributed by atoms with Gasteiger partial charge in [-0.1, -0.05) is 25.1 Å². The molecule has 1 heterocycles. The fourth-order valence-electron chi connectivity index (χ4n) is 1.71. The van der Waals surface area contributed by atoms with Crippen molar-refractivity contribution in [2.45, 2.75) is 26.8 Å². The highest BCUT2D eigenvalue weighted by molar-refractivity contribution is 5.85. The van der Waals surface area contributed by atoms with E-state index in [1.807, 2.05) is 38.1 Å². The molecule has 1 aromatic heterocycles. The molecule has 5 nitrogen and oxygen atoms in total. The van der Waals surface area contributed by atoms with Gasteiger partial charge in [-0.05, 0) is 25.5 Å². The molecule has 0 spiro atoms. The molecule has 0 saturated heterocycles. The highest BCUT2D eigenvalue weighted by Gasteiger charge is 2.10. The summed E-state index contributed by atoms with van der Waals surface area (Å²) < 4.78 is 6.91. The van der Waals surface area contributed by atoms with Gasteiger partial charge in [-0.2, -0.15) is 5.10 Å². The summed E-state index contributed by atoms with van der Waals surface area (Å²) in [6.45, 7) is 4.69. The minimum absolute atomic E-state index is 0.511. The summed E-state index contributed by atoms with van der Waals surface area (Å²) >= 11 is 0. The molecule has 0 aliphatic heterocycles. The number of benzene rings is 1. The van der Waals surface area contributed by atoms with Gasteiger partial charge in [0.1, 0.15) is 11.6 Å². The Labute approximate surface area is 112 Å². The van der Waals surface area contributed by atoms with Crippen molar-refractivity contribution in [2.24, 2.45) is 0 Å². The van der Waals surface area contributed by atoms with Crippen LogP contribution in [0.5, 0.6) is 5.75 Å². The first kappa shape index (κ1) is 13.1. The lowest BCUT2D eigenvalue weighted by molar-refractivity contribution is 0.215. The van der Waals surface area contributed by atoms with E-state index in [-0.39, 0.29) is 0 Å². The molecule has 1 N–H and O–H groups in total. The first-order valence-corrected chi connectivity index (χ1v) is 6.33. The van der Waals surface area contributed by atoms with E-state index in [1.54, 1.807) is 16.8 Å². The summed E-state index contributed by atoms with van der Waals surface area (Å²) in [6.07, 6.45) is 0.318. The van der Waals surface area contributed by atoms with Gasteiger partial charge in [0.25, 0.3) is 0 Å². The van der Waals surface area contributed by atoms with Crippen molar-refractivity contribution in [3.05, 3.63) is 42.1 Å². The normalized spacial score (nSPS) is 10.2. The second-order valence-corrected chi connectivity index (χ2v) is 4.02. The van der Waals surface area contributed by atoms with Gasteiger partial charge in [0, 0.05) is 12.6 Å². The quantitative estimate of drug-likeness (QED) is 0.918. The number of nitrogens with one attached hydrogen (secondary N) is 1. The fraction of sp³-hybridized carbons (Fsp3) is 0.286. The number of aromatic nitrogens is 2. The summed E-state index contributed by atoms with van der Waals surface area (Å²) in [5, 5.41) is 7.06. The third-order valence-corrected chi connectivity index (χ3v) is 2.68. The average Bonchev–Trinajstić information content (AvgIpc) is 2.82. The summed E-state index contributed by atoms with van der Waals surface area (Å²) in [6, 6.07) is 10.8. The average molecular weight is 259 g/mol. The predicted molar refractivity (Wildman–Crippen MR) is 73.4 cm³/mol. The van der Waals surface area contributed by atoms with E-state index in [1.165, 1.54) is 0 Å². The highest BCUT2D eigenvalue weighted by atomic mass is 16.6. The Kier molecular flexibility index (Phi) is 4.18. The van der Waals surface area contributed by atoms with Crippen LogP contribution in [-0.4, -0.2) is 15.9 Å². The number of carbonyl (C=O) groups excluding carboxylic acids is 1. The molecule has 2 rings (SSSR count). The Hall–Kier alpha value is -2.30. The number of hydrogen-bond donors (Lipinski definition) is 1. The molecule has 0 unspecified atom stereocenters. The van der Waals surface area contributed by atoms with Crippen molar-refractivity contribution in [1.82, 2.24) is 9.78 Å². The number of ether oxygens (including phenoxy) is 1. The van der Waals surface area contributed by atoms with Crippen LogP contribution >= 0.6 is 0 Å². The molecule has 19 heavy (non-hydrogen) atoms. The number of carbonyl (C=O) groups is 1.